The predicted molar refractivity (Wildman–Crippen MR) is 264 cm³/mol. The van der Waals surface area contributed by atoms with E-state index in [2.05, 4.69) is 252 Å². The third kappa shape index (κ3) is 5.96. The van der Waals surface area contributed by atoms with Gasteiger partial charge in [0.1, 0.15) is 0 Å². The third-order valence-corrected chi connectivity index (χ3v) is 12.6. The maximum atomic E-state index is 2.47. The Morgan fingerprint density at radius 1 is 0.274 bits per heavy atom. The van der Waals surface area contributed by atoms with E-state index < -0.39 is 0 Å². The van der Waals surface area contributed by atoms with Gasteiger partial charge in [0.15, 0.2) is 0 Å². The largest absolute Gasteiger partial charge is 0.310 e. The molecule has 0 N–H and O–H groups in total. The highest BCUT2D eigenvalue weighted by molar-refractivity contribution is 6.19. The van der Waals surface area contributed by atoms with Crippen molar-refractivity contribution in [3.63, 3.8) is 0 Å². The molecule has 0 aliphatic carbocycles. The Labute approximate surface area is 360 Å². The van der Waals surface area contributed by atoms with Crippen LogP contribution in [0.4, 0.5) is 17.1 Å². The van der Waals surface area contributed by atoms with Crippen molar-refractivity contribution >= 4 is 71.2 Å². The zero-order valence-corrected chi connectivity index (χ0v) is 34.0. The van der Waals surface area contributed by atoms with Crippen LogP contribution in [0.1, 0.15) is 0 Å². The first-order valence-corrected chi connectivity index (χ1v) is 21.3. The number of aromatic nitrogens is 1. The summed E-state index contributed by atoms with van der Waals surface area (Å²) in [4.78, 5) is 2.40. The summed E-state index contributed by atoms with van der Waals surface area (Å²) in [7, 11) is 0. The highest BCUT2D eigenvalue weighted by atomic mass is 15.1. The topological polar surface area (TPSA) is 8.17 Å². The molecule has 0 radical (unpaired) electrons. The van der Waals surface area contributed by atoms with E-state index in [1.807, 2.05) is 0 Å². The first-order valence-electron chi connectivity index (χ1n) is 21.3. The number of anilines is 3. The number of benzene rings is 11. The van der Waals surface area contributed by atoms with Gasteiger partial charge >= 0.3 is 0 Å². The zero-order chi connectivity index (χ0) is 41.0. The standard InChI is InChI=1S/C60H40N2/c1-4-24-50-41(15-1)18-13-29-52(50)45-20-11-22-48(39-45)61(49-23-12-21-46(40-49)53-30-14-19-42-16-2-5-25-51(42)53)47-36-33-44(34-37-47)54-26-7-9-31-58(54)62-59-32-10-8-28-56(59)57-38-35-43-17-3-6-27-55(43)60(57)62/h1-40H. The fourth-order valence-electron chi connectivity index (χ4n) is 9.71. The fourth-order valence-corrected chi connectivity index (χ4v) is 9.71. The molecule has 290 valence electrons. The lowest BCUT2D eigenvalue weighted by Gasteiger charge is -2.27. The van der Waals surface area contributed by atoms with Crippen molar-refractivity contribution in [3.8, 4) is 39.1 Å². The molecule has 2 nitrogen and oxygen atoms in total. The molecule has 11 aromatic carbocycles. The molecule has 0 fully saturated rings. The Hall–Kier alpha value is -8.20. The summed E-state index contributed by atoms with van der Waals surface area (Å²) >= 11 is 0. The Morgan fingerprint density at radius 2 is 0.758 bits per heavy atom. The predicted octanol–water partition coefficient (Wildman–Crippen LogP) is 16.7. The van der Waals surface area contributed by atoms with Crippen LogP contribution >= 0.6 is 0 Å². The smallest absolute Gasteiger partial charge is 0.0619 e. The minimum atomic E-state index is 1.08. The van der Waals surface area contributed by atoms with E-state index in [1.165, 1.54) is 81.9 Å². The molecule has 1 aromatic heterocycles. The van der Waals surface area contributed by atoms with Gasteiger partial charge in [-0.1, -0.05) is 194 Å². The van der Waals surface area contributed by atoms with E-state index in [-0.39, 0.29) is 0 Å². The van der Waals surface area contributed by atoms with Crippen molar-refractivity contribution in [3.05, 3.63) is 243 Å². The van der Waals surface area contributed by atoms with Crippen molar-refractivity contribution < 1.29 is 0 Å². The number of para-hydroxylation sites is 2. The van der Waals surface area contributed by atoms with Gasteiger partial charge in [-0.25, -0.2) is 0 Å². The molecule has 1 heterocycles. The number of fused-ring (bicyclic) bond motifs is 7. The average molecular weight is 789 g/mol. The maximum absolute atomic E-state index is 2.47. The summed E-state index contributed by atoms with van der Waals surface area (Å²) in [5.74, 6) is 0. The summed E-state index contributed by atoms with van der Waals surface area (Å²) in [5, 5.41) is 9.97. The summed E-state index contributed by atoms with van der Waals surface area (Å²) in [6.07, 6.45) is 0. The molecule has 0 amide bonds. The van der Waals surface area contributed by atoms with Crippen molar-refractivity contribution in [1.82, 2.24) is 4.57 Å². The van der Waals surface area contributed by atoms with Gasteiger partial charge in [-0.15, -0.1) is 0 Å². The van der Waals surface area contributed by atoms with Gasteiger partial charge in [-0.2, -0.15) is 0 Å². The third-order valence-electron chi connectivity index (χ3n) is 12.6. The lowest BCUT2D eigenvalue weighted by Crippen LogP contribution is -2.10. The van der Waals surface area contributed by atoms with Crippen LogP contribution < -0.4 is 4.90 Å². The van der Waals surface area contributed by atoms with Gasteiger partial charge in [0.05, 0.1) is 16.7 Å². The molecular weight excluding hydrogens is 749 g/mol. The maximum Gasteiger partial charge on any atom is 0.0619 e. The second-order valence-corrected chi connectivity index (χ2v) is 16.1. The SMILES string of the molecule is c1cc(-c2cccc3ccccc23)cc(N(c2ccc(-c3ccccc3-n3c4ccccc4c4ccc5ccccc5c43)cc2)c2cccc(-c3cccc4ccccc34)c2)c1. The molecule has 0 saturated carbocycles. The van der Waals surface area contributed by atoms with Crippen molar-refractivity contribution in [1.29, 1.82) is 0 Å². The second kappa shape index (κ2) is 14.8. The molecule has 12 rings (SSSR count). The van der Waals surface area contributed by atoms with Crippen LogP contribution in [-0.2, 0) is 0 Å². The van der Waals surface area contributed by atoms with Gasteiger partial charge < -0.3 is 9.47 Å². The van der Waals surface area contributed by atoms with Gasteiger partial charge in [-0.05, 0) is 103 Å². The van der Waals surface area contributed by atoms with Crippen LogP contribution in [0.3, 0.4) is 0 Å². The molecule has 62 heavy (non-hydrogen) atoms. The molecule has 0 bridgehead atoms. The average Bonchev–Trinajstić information content (AvgIpc) is 3.69. The molecule has 0 spiro atoms. The van der Waals surface area contributed by atoms with Crippen LogP contribution in [-0.4, -0.2) is 4.57 Å². The minimum Gasteiger partial charge on any atom is -0.310 e. The first kappa shape index (κ1) is 35.7. The molecule has 0 unspecified atom stereocenters. The van der Waals surface area contributed by atoms with E-state index in [4.69, 9.17) is 0 Å². The summed E-state index contributed by atoms with van der Waals surface area (Å²) in [6.45, 7) is 0. The van der Waals surface area contributed by atoms with Crippen molar-refractivity contribution in [2.24, 2.45) is 0 Å². The van der Waals surface area contributed by atoms with Gasteiger partial charge in [0.25, 0.3) is 0 Å². The molecule has 0 saturated heterocycles. The molecule has 12 aromatic rings. The Bertz CT molecular complexity index is 3520. The van der Waals surface area contributed by atoms with Crippen LogP contribution in [0.2, 0.25) is 0 Å². The Balaban J connectivity index is 1.02. The molecular formula is C60H40N2. The monoisotopic (exact) mass is 788 g/mol. The Morgan fingerprint density at radius 3 is 1.40 bits per heavy atom. The van der Waals surface area contributed by atoms with E-state index >= 15 is 0 Å². The van der Waals surface area contributed by atoms with Crippen LogP contribution in [0.5, 0.6) is 0 Å². The fraction of sp³-hybridized carbons (Fsp3) is 0. The highest BCUT2D eigenvalue weighted by Crippen LogP contribution is 2.43. The van der Waals surface area contributed by atoms with Crippen LogP contribution in [0.15, 0.2) is 243 Å². The number of nitrogens with zero attached hydrogens (tertiary/aromatic N) is 2. The normalized spacial score (nSPS) is 11.5. The molecule has 0 aliphatic rings. The molecule has 2 heteroatoms. The minimum absolute atomic E-state index is 1.08. The summed E-state index contributed by atoms with van der Waals surface area (Å²) < 4.78 is 2.47. The quantitative estimate of drug-likeness (QED) is 0.156. The van der Waals surface area contributed by atoms with E-state index in [1.54, 1.807) is 0 Å². The van der Waals surface area contributed by atoms with Crippen LogP contribution in [0.25, 0.3) is 93.2 Å². The molecule has 0 atom stereocenters. The van der Waals surface area contributed by atoms with E-state index in [0.29, 0.717) is 0 Å². The van der Waals surface area contributed by atoms with E-state index in [9.17, 15) is 0 Å². The lowest BCUT2D eigenvalue weighted by molar-refractivity contribution is 1.19. The van der Waals surface area contributed by atoms with Gasteiger partial charge in [0.2, 0.25) is 0 Å². The van der Waals surface area contributed by atoms with Gasteiger partial charge in [-0.3, -0.25) is 0 Å². The highest BCUT2D eigenvalue weighted by Gasteiger charge is 2.19. The number of hydrogen-bond acceptors (Lipinski definition) is 1. The number of hydrogen-bond donors (Lipinski definition) is 0. The number of rotatable bonds is 7. The van der Waals surface area contributed by atoms with Crippen molar-refractivity contribution in [2.75, 3.05) is 4.90 Å². The van der Waals surface area contributed by atoms with E-state index in [0.717, 1.165) is 28.3 Å². The lowest BCUT2D eigenvalue weighted by atomic mass is 9.96. The van der Waals surface area contributed by atoms with Crippen LogP contribution in [0, 0.1) is 0 Å². The van der Waals surface area contributed by atoms with Crippen molar-refractivity contribution in [2.45, 2.75) is 0 Å². The summed E-state index contributed by atoms with van der Waals surface area (Å²) in [5.41, 5.74) is 14.0. The Kier molecular flexibility index (Phi) is 8.53. The first-order chi connectivity index (χ1) is 30.8. The molecule has 0 aliphatic heterocycles. The van der Waals surface area contributed by atoms with Gasteiger partial charge in [0, 0.05) is 38.8 Å². The summed E-state index contributed by atoms with van der Waals surface area (Å²) in [6, 6.07) is 88.5. The zero-order valence-electron chi connectivity index (χ0n) is 34.0. The second-order valence-electron chi connectivity index (χ2n) is 16.1.